The molecule has 1 saturated carbocycles. The van der Waals surface area contributed by atoms with E-state index in [1.807, 2.05) is 42.3 Å². The number of fused-ring (bicyclic) bond motifs is 3. The van der Waals surface area contributed by atoms with Crippen molar-refractivity contribution in [2.45, 2.75) is 71.2 Å². The number of aromatic nitrogens is 5. The fraction of sp³-hybridized carbons (Fsp3) is 0.459. The second-order valence-corrected chi connectivity index (χ2v) is 14.4. The average Bonchev–Trinajstić information content (AvgIpc) is 3.42. The Morgan fingerprint density at radius 3 is 2.71 bits per heavy atom. The van der Waals surface area contributed by atoms with E-state index in [4.69, 9.17) is 14.5 Å². The van der Waals surface area contributed by atoms with Crippen molar-refractivity contribution in [3.8, 4) is 17.3 Å². The molecule has 5 aromatic rings. The zero-order chi connectivity index (χ0) is 34.4. The monoisotopic (exact) mass is 669 g/mol. The van der Waals surface area contributed by atoms with Crippen molar-refractivity contribution in [3.63, 3.8) is 0 Å². The van der Waals surface area contributed by atoms with E-state index in [0.29, 0.717) is 36.6 Å². The predicted molar refractivity (Wildman–Crippen MR) is 186 cm³/mol. The Hall–Kier alpha value is -4.87. The molecule has 1 aliphatic heterocycles. The predicted octanol–water partition coefficient (Wildman–Crippen LogP) is 6.30. The van der Waals surface area contributed by atoms with E-state index >= 15 is 0 Å². The Bertz CT molecular complexity index is 2000. The van der Waals surface area contributed by atoms with E-state index in [1.54, 1.807) is 31.9 Å². The summed E-state index contributed by atoms with van der Waals surface area (Å²) in [6, 6.07) is 11.5. The molecule has 2 aromatic carbocycles. The lowest BCUT2D eigenvalue weighted by Gasteiger charge is -2.31. The van der Waals surface area contributed by atoms with Gasteiger partial charge in [0.2, 0.25) is 0 Å². The number of nitrogens with one attached hydrogen (secondary N) is 1. The number of hydrogen-bond donors (Lipinski definition) is 1. The first kappa shape index (κ1) is 32.7. The number of alkyl halides is 1. The molecule has 3 aromatic heterocycles. The Labute approximate surface area is 285 Å². The van der Waals surface area contributed by atoms with Crippen LogP contribution in [0.4, 0.5) is 9.18 Å². The number of ether oxygens (including phenoxy) is 2. The van der Waals surface area contributed by atoms with Gasteiger partial charge in [-0.2, -0.15) is 0 Å². The molecule has 4 heterocycles. The quantitative estimate of drug-likeness (QED) is 0.177. The zero-order valence-electron chi connectivity index (χ0n) is 28.8. The molecule has 0 unspecified atom stereocenters. The van der Waals surface area contributed by atoms with E-state index in [2.05, 4.69) is 44.6 Å². The number of hydrogen-bond acceptors (Lipinski definition) is 6. The number of para-hydroxylation sites is 1. The summed E-state index contributed by atoms with van der Waals surface area (Å²) in [6.07, 6.45) is 7.84. The van der Waals surface area contributed by atoms with Gasteiger partial charge in [-0.15, -0.1) is 0 Å². The summed E-state index contributed by atoms with van der Waals surface area (Å²) < 4.78 is 32.2. The Morgan fingerprint density at radius 2 is 2.00 bits per heavy atom. The number of carbonyl (C=O) groups is 2. The van der Waals surface area contributed by atoms with Crippen LogP contribution >= 0.6 is 0 Å². The van der Waals surface area contributed by atoms with E-state index in [0.717, 1.165) is 45.8 Å². The molecule has 11 nitrogen and oxygen atoms in total. The normalized spacial score (nSPS) is 16.2. The zero-order valence-corrected chi connectivity index (χ0v) is 28.8. The summed E-state index contributed by atoms with van der Waals surface area (Å²) in [5.74, 6) is 2.06. The number of benzene rings is 2. The Balaban J connectivity index is 1.18. The van der Waals surface area contributed by atoms with Crippen molar-refractivity contribution >= 4 is 33.9 Å². The van der Waals surface area contributed by atoms with Crippen LogP contribution < -0.4 is 10.1 Å². The fourth-order valence-electron chi connectivity index (χ4n) is 6.66. The van der Waals surface area contributed by atoms with Crippen LogP contribution in [0.15, 0.2) is 55.1 Å². The van der Waals surface area contributed by atoms with Crippen LogP contribution in [0.3, 0.4) is 0 Å². The van der Waals surface area contributed by atoms with Gasteiger partial charge in [-0.3, -0.25) is 4.79 Å². The number of imidazole rings is 2. The van der Waals surface area contributed by atoms with Gasteiger partial charge in [0.1, 0.15) is 24.6 Å². The van der Waals surface area contributed by atoms with Crippen molar-refractivity contribution in [3.05, 3.63) is 66.2 Å². The lowest BCUT2D eigenvalue weighted by Crippen LogP contribution is -2.50. The van der Waals surface area contributed by atoms with Gasteiger partial charge in [-0.25, -0.2) is 19.2 Å². The van der Waals surface area contributed by atoms with Crippen LogP contribution in [-0.4, -0.2) is 78.6 Å². The second-order valence-electron chi connectivity index (χ2n) is 14.4. The maximum atomic E-state index is 14.0. The molecule has 258 valence electrons. The minimum absolute atomic E-state index is 0.0479. The van der Waals surface area contributed by atoms with Crippen LogP contribution in [0.25, 0.3) is 33.5 Å². The lowest BCUT2D eigenvalue weighted by atomic mass is 9.97. The summed E-state index contributed by atoms with van der Waals surface area (Å²) in [5, 5.41) is 3.66. The number of alkyl carbamates (subject to hydrolysis) is 1. The minimum atomic E-state index is -0.873. The van der Waals surface area contributed by atoms with Crippen molar-refractivity contribution in [2.24, 2.45) is 13.0 Å². The third-order valence-corrected chi connectivity index (χ3v) is 9.39. The summed E-state index contributed by atoms with van der Waals surface area (Å²) in [5.41, 5.74) is 4.50. The largest absolute Gasteiger partial charge is 0.489 e. The summed E-state index contributed by atoms with van der Waals surface area (Å²) >= 11 is 0. The highest BCUT2D eigenvalue weighted by Crippen LogP contribution is 2.39. The number of nitrogens with zero attached hydrogens (tertiary/aromatic N) is 6. The molecule has 2 atom stereocenters. The first-order valence-electron chi connectivity index (χ1n) is 17.1. The lowest BCUT2D eigenvalue weighted by molar-refractivity contribution is 0.0466. The number of aryl methyl sites for hydroxylation is 1. The van der Waals surface area contributed by atoms with Crippen LogP contribution in [0.1, 0.15) is 62.5 Å². The molecule has 2 aliphatic rings. The third-order valence-electron chi connectivity index (χ3n) is 9.39. The van der Waals surface area contributed by atoms with E-state index in [1.165, 1.54) is 12.8 Å². The maximum absolute atomic E-state index is 14.0. The standard InChI is InChI=1S/C37H44FN7O4/c1-23(44-14-12-39-22-44)21-48-32-8-6-7-26-16-31(45(33(26)32)19-24-9-10-24)34-41-29-17-28-25(15-30(29)42(34)5)11-13-43(35(28)46)20-27(18-38)40-36(47)49-37(2,3)4/h6-8,12,14-17,22-24,27H,9-11,13,18-21H2,1-5H3,(H,40,47)/t23-,27+/m0/s1. The third kappa shape index (κ3) is 6.73. The number of carbonyl (C=O) groups excluding carboxylic acids is 2. The van der Waals surface area contributed by atoms with Gasteiger partial charge < -0.3 is 33.4 Å². The van der Waals surface area contributed by atoms with Crippen molar-refractivity contribution < 1.29 is 23.5 Å². The van der Waals surface area contributed by atoms with Crippen LogP contribution in [0, 0.1) is 5.92 Å². The first-order valence-corrected chi connectivity index (χ1v) is 17.1. The van der Waals surface area contributed by atoms with Crippen LogP contribution in [0.5, 0.6) is 5.75 Å². The SMILES string of the molecule is C[C@@H](COc1cccc2cc(-c3nc4cc5c(cc4n3C)CCN(C[C@@H](CF)NC(=O)OC(C)(C)C)C5=O)n(CC3CC3)c12)n1ccnc1. The number of halogens is 1. The van der Waals surface area contributed by atoms with Gasteiger partial charge in [-0.1, -0.05) is 12.1 Å². The average molecular weight is 670 g/mol. The minimum Gasteiger partial charge on any atom is -0.489 e. The molecule has 1 aliphatic carbocycles. The molecule has 1 N–H and O–H groups in total. The molecule has 0 bridgehead atoms. The molecule has 49 heavy (non-hydrogen) atoms. The van der Waals surface area contributed by atoms with Gasteiger partial charge in [0.05, 0.1) is 40.7 Å². The molecular formula is C37H44FN7O4. The highest BCUT2D eigenvalue weighted by atomic mass is 19.1. The highest BCUT2D eigenvalue weighted by molar-refractivity contribution is 6.01. The molecule has 7 rings (SSSR count). The molecule has 0 saturated heterocycles. The van der Waals surface area contributed by atoms with Gasteiger partial charge in [-0.05, 0) is 82.7 Å². The van der Waals surface area contributed by atoms with Gasteiger partial charge >= 0.3 is 6.09 Å². The Morgan fingerprint density at radius 1 is 1.18 bits per heavy atom. The molecule has 2 amide bonds. The van der Waals surface area contributed by atoms with Crippen molar-refractivity contribution in [1.82, 2.24) is 33.9 Å². The van der Waals surface area contributed by atoms with Gasteiger partial charge in [0.25, 0.3) is 5.91 Å². The summed E-state index contributed by atoms with van der Waals surface area (Å²) in [6.45, 7) is 8.38. The molecular weight excluding hydrogens is 625 g/mol. The molecule has 0 radical (unpaired) electrons. The van der Waals surface area contributed by atoms with E-state index in [-0.39, 0.29) is 18.5 Å². The van der Waals surface area contributed by atoms with Gasteiger partial charge in [0.15, 0.2) is 5.82 Å². The smallest absolute Gasteiger partial charge is 0.408 e. The van der Waals surface area contributed by atoms with Crippen LogP contribution in [-0.2, 0) is 24.8 Å². The summed E-state index contributed by atoms with van der Waals surface area (Å²) in [4.78, 5) is 36.9. The molecule has 1 fully saturated rings. The molecule has 0 spiro atoms. The first-order chi connectivity index (χ1) is 23.5. The van der Waals surface area contributed by atoms with E-state index < -0.39 is 24.4 Å². The summed E-state index contributed by atoms with van der Waals surface area (Å²) in [7, 11) is 2.02. The highest BCUT2D eigenvalue weighted by Gasteiger charge is 2.31. The van der Waals surface area contributed by atoms with Crippen molar-refractivity contribution in [1.29, 1.82) is 0 Å². The Kier molecular flexibility index (Phi) is 8.58. The topological polar surface area (TPSA) is 108 Å². The van der Waals surface area contributed by atoms with Gasteiger partial charge in [0, 0.05) is 50.0 Å². The second kappa shape index (κ2) is 12.9. The van der Waals surface area contributed by atoms with Crippen LogP contribution in [0.2, 0.25) is 0 Å². The fourth-order valence-corrected chi connectivity index (χ4v) is 6.66. The molecule has 12 heteroatoms. The number of amides is 2. The van der Waals surface area contributed by atoms with Crippen molar-refractivity contribution in [2.75, 3.05) is 26.4 Å². The van der Waals surface area contributed by atoms with E-state index in [9.17, 15) is 14.0 Å². The number of rotatable bonds is 11. The maximum Gasteiger partial charge on any atom is 0.408 e.